The molecule has 0 aromatic heterocycles. The fourth-order valence-electron chi connectivity index (χ4n) is 13.4. The smallest absolute Gasteiger partial charge is 0.187 e. The Morgan fingerprint density at radius 3 is 1.93 bits per heavy atom. The van der Waals surface area contributed by atoms with Crippen molar-refractivity contribution in [3.05, 3.63) is 11.6 Å². The van der Waals surface area contributed by atoms with Gasteiger partial charge in [0.2, 0.25) is 0 Å². The maximum absolute atomic E-state index is 12.3. The van der Waals surface area contributed by atoms with E-state index in [0.29, 0.717) is 12.8 Å². The van der Waals surface area contributed by atoms with Crippen LogP contribution in [0, 0.1) is 45.3 Å². The van der Waals surface area contributed by atoms with Crippen LogP contribution in [-0.2, 0) is 23.7 Å². The van der Waals surface area contributed by atoms with Gasteiger partial charge >= 0.3 is 0 Å². The summed E-state index contributed by atoms with van der Waals surface area (Å²) in [4.78, 5) is 0. The summed E-state index contributed by atoms with van der Waals surface area (Å²) in [7, 11) is 1.53. The summed E-state index contributed by atoms with van der Waals surface area (Å²) in [6, 6.07) is 0. The standard InChI is InChI=1S/C43H74O15/c1-20(16-23(54-9)36(52)40(4,5)53)21-10-14-43(8)29(21)22(46)17-27-41(6)13-12-28(39(2,3)26(41)11-15-42(27,43)7)57-38-35(33(50)31(48)25(19-45)56-38)58-37-34(51)32(49)30(47)24(18-44)55-37/h16,21-38,44-53H,10-15,17-19H2,1-9H3/b20-16+/t21-,22-,23?,24-,25-,26+,27-,28+,29+,30-,31-,32+,33+,34-,35-,36?,37+,38+,41+,42-,43-/m1/s1. The first-order chi connectivity index (χ1) is 26.9. The Balaban J connectivity index is 1.23. The first kappa shape index (κ1) is 46.6. The van der Waals surface area contributed by atoms with Gasteiger partial charge in [-0.3, -0.25) is 0 Å². The zero-order valence-electron chi connectivity index (χ0n) is 35.8. The van der Waals surface area contributed by atoms with Crippen molar-refractivity contribution in [3.8, 4) is 0 Å². The molecule has 2 aliphatic heterocycles. The quantitative estimate of drug-likeness (QED) is 0.102. The van der Waals surface area contributed by atoms with Gasteiger partial charge in [0.05, 0.1) is 31.0 Å². The highest BCUT2D eigenvalue weighted by molar-refractivity contribution is 5.23. The van der Waals surface area contributed by atoms with E-state index in [4.69, 9.17) is 23.7 Å². The number of methoxy groups -OCH3 is 1. The van der Waals surface area contributed by atoms with Crippen LogP contribution in [0.1, 0.15) is 100 Å². The number of allylic oxidation sites excluding steroid dienone is 1. The maximum Gasteiger partial charge on any atom is 0.187 e. The molecule has 2 saturated heterocycles. The molecule has 10 N–H and O–H groups in total. The van der Waals surface area contributed by atoms with E-state index in [-0.39, 0.29) is 39.9 Å². The average molecular weight is 831 g/mol. The lowest BCUT2D eigenvalue weighted by Crippen LogP contribution is -2.67. The van der Waals surface area contributed by atoms with E-state index in [0.717, 1.165) is 37.7 Å². The van der Waals surface area contributed by atoms with E-state index in [1.807, 2.05) is 6.08 Å². The molecule has 0 radical (unpaired) electrons. The van der Waals surface area contributed by atoms with Gasteiger partial charge in [-0.15, -0.1) is 0 Å². The summed E-state index contributed by atoms with van der Waals surface area (Å²) in [5.74, 6) is 0.470. The number of hydrogen-bond acceptors (Lipinski definition) is 15. The van der Waals surface area contributed by atoms with Gasteiger partial charge in [0, 0.05) is 7.11 Å². The van der Waals surface area contributed by atoms with Crippen molar-refractivity contribution in [2.24, 2.45) is 45.3 Å². The van der Waals surface area contributed by atoms with Crippen molar-refractivity contribution in [2.75, 3.05) is 20.3 Å². The van der Waals surface area contributed by atoms with E-state index in [1.165, 1.54) is 7.11 Å². The normalized spacial score (nSPS) is 50.7. The van der Waals surface area contributed by atoms with Crippen LogP contribution in [0.25, 0.3) is 0 Å². The zero-order valence-corrected chi connectivity index (χ0v) is 35.8. The van der Waals surface area contributed by atoms with E-state index in [1.54, 1.807) is 13.8 Å². The second-order valence-electron chi connectivity index (χ2n) is 20.7. The van der Waals surface area contributed by atoms with Crippen molar-refractivity contribution < 1.29 is 74.7 Å². The van der Waals surface area contributed by atoms with Gasteiger partial charge < -0.3 is 74.7 Å². The second kappa shape index (κ2) is 16.7. The van der Waals surface area contributed by atoms with Crippen LogP contribution in [0.2, 0.25) is 0 Å². The van der Waals surface area contributed by atoms with Crippen molar-refractivity contribution >= 4 is 0 Å². The minimum Gasteiger partial charge on any atom is -0.394 e. The molecule has 15 nitrogen and oxygen atoms in total. The predicted molar refractivity (Wildman–Crippen MR) is 209 cm³/mol. The number of fused-ring (bicyclic) bond motifs is 5. The molecule has 0 aromatic rings. The molecular formula is C43H74O15. The van der Waals surface area contributed by atoms with Gasteiger partial charge in [-0.1, -0.05) is 46.3 Å². The Labute approximate surface area is 343 Å². The lowest BCUT2D eigenvalue weighted by molar-refractivity contribution is -0.378. The van der Waals surface area contributed by atoms with E-state index < -0.39 is 110 Å². The van der Waals surface area contributed by atoms with Crippen LogP contribution in [0.3, 0.4) is 0 Å². The summed E-state index contributed by atoms with van der Waals surface area (Å²) >= 11 is 0. The van der Waals surface area contributed by atoms with Crippen LogP contribution in [0.4, 0.5) is 0 Å². The van der Waals surface area contributed by atoms with E-state index in [2.05, 4.69) is 41.5 Å². The average Bonchev–Trinajstić information content (AvgIpc) is 3.54. The third-order valence-electron chi connectivity index (χ3n) is 16.9. The summed E-state index contributed by atoms with van der Waals surface area (Å²) < 4.78 is 30.0. The third kappa shape index (κ3) is 7.57. The Hall–Kier alpha value is -0.860. The second-order valence-corrected chi connectivity index (χ2v) is 20.7. The molecule has 6 fully saturated rings. The van der Waals surface area contributed by atoms with Crippen molar-refractivity contribution in [1.82, 2.24) is 0 Å². The third-order valence-corrected chi connectivity index (χ3v) is 16.9. The molecule has 21 atom stereocenters. The monoisotopic (exact) mass is 831 g/mol. The molecule has 0 bridgehead atoms. The molecule has 15 heteroatoms. The largest absolute Gasteiger partial charge is 0.394 e. The molecular weight excluding hydrogens is 756 g/mol. The van der Waals surface area contributed by atoms with Gasteiger partial charge in [0.1, 0.15) is 61.0 Å². The zero-order chi connectivity index (χ0) is 43.1. The Morgan fingerprint density at radius 1 is 0.759 bits per heavy atom. The van der Waals surface area contributed by atoms with Crippen LogP contribution in [0.5, 0.6) is 0 Å². The topological polar surface area (TPSA) is 248 Å². The summed E-state index contributed by atoms with van der Waals surface area (Å²) in [6.07, 6.45) is -10.4. The van der Waals surface area contributed by atoms with Crippen LogP contribution >= 0.6 is 0 Å². The van der Waals surface area contributed by atoms with Gasteiger partial charge in [-0.25, -0.2) is 0 Å². The number of hydrogen-bond donors (Lipinski definition) is 10. The number of aliphatic hydroxyl groups excluding tert-OH is 9. The highest BCUT2D eigenvalue weighted by Crippen LogP contribution is 2.75. The van der Waals surface area contributed by atoms with Gasteiger partial charge in [0.15, 0.2) is 12.6 Å². The highest BCUT2D eigenvalue weighted by atomic mass is 16.8. The molecule has 2 unspecified atom stereocenters. The molecule has 0 spiro atoms. The van der Waals surface area contributed by atoms with Crippen molar-refractivity contribution in [3.63, 3.8) is 0 Å². The molecule has 58 heavy (non-hydrogen) atoms. The fraction of sp³-hybridized carbons (Fsp3) is 0.953. The molecule has 2 heterocycles. The summed E-state index contributed by atoms with van der Waals surface area (Å²) in [5.41, 5.74) is -1.17. The van der Waals surface area contributed by atoms with Gasteiger partial charge in [-0.05, 0) is 111 Å². The summed E-state index contributed by atoms with van der Waals surface area (Å²) in [5, 5.41) is 107. The van der Waals surface area contributed by atoms with Crippen molar-refractivity contribution in [1.29, 1.82) is 0 Å². The van der Waals surface area contributed by atoms with E-state index in [9.17, 15) is 51.1 Å². The first-order valence-corrected chi connectivity index (χ1v) is 21.5. The van der Waals surface area contributed by atoms with Crippen LogP contribution in [0.15, 0.2) is 11.6 Å². The molecule has 6 rings (SSSR count). The Bertz CT molecular complexity index is 1450. The molecule has 6 aliphatic rings. The van der Waals surface area contributed by atoms with Gasteiger partial charge in [0.25, 0.3) is 0 Å². The van der Waals surface area contributed by atoms with E-state index >= 15 is 0 Å². The molecule has 336 valence electrons. The Morgan fingerprint density at radius 2 is 1.34 bits per heavy atom. The molecule has 0 amide bonds. The number of ether oxygens (including phenoxy) is 5. The molecule has 0 aromatic carbocycles. The first-order valence-electron chi connectivity index (χ1n) is 21.5. The predicted octanol–water partition coefficient (Wildman–Crippen LogP) is 0.745. The fourth-order valence-corrected chi connectivity index (χ4v) is 13.4. The van der Waals surface area contributed by atoms with Gasteiger partial charge in [-0.2, -0.15) is 0 Å². The highest BCUT2D eigenvalue weighted by Gasteiger charge is 2.70. The minimum atomic E-state index is -1.77. The molecule has 4 saturated carbocycles. The maximum atomic E-state index is 12.3. The lowest BCUT2D eigenvalue weighted by atomic mass is 9.35. The Kier molecular flexibility index (Phi) is 13.4. The van der Waals surface area contributed by atoms with Crippen LogP contribution in [-0.4, -0.2) is 163 Å². The van der Waals surface area contributed by atoms with Crippen molar-refractivity contribution in [2.45, 2.75) is 192 Å². The number of aliphatic hydroxyl groups is 10. The summed E-state index contributed by atoms with van der Waals surface area (Å²) in [6.45, 7) is 15.4. The molecule has 4 aliphatic carbocycles. The minimum absolute atomic E-state index is 0.0138. The van der Waals surface area contributed by atoms with Crippen LogP contribution < -0.4 is 0 Å². The lowest BCUT2D eigenvalue weighted by Gasteiger charge is -2.70. The number of rotatable bonds is 11. The SMILES string of the molecule is COC(/C=C(\C)[C@H]1CC[C@]2(C)[C@@H]1[C@H](O)C[C@@H]1[C@@]3(C)CC[C@H](O[C@@H]4O[C@H](CO)[C@@H](O)[C@H](O)[C@H]4O[C@@H]4O[C@H](CO)[C@@H](O)[C@H](O)[C@H]4O)C(C)(C)[C@@H]3CC[C@]12C)C(O)C(C)(C)O.